The monoisotopic (exact) mass is 433 g/mol. The molecule has 1 aliphatic rings. The van der Waals surface area contributed by atoms with Gasteiger partial charge in [-0.15, -0.1) is 0 Å². The molecule has 1 amide bonds. The standard InChI is InChI=1S/C24H20ClN3O3/c1-14-4-2-5-16-6-3-7-17(23(14)16)18-8-20-21(9-19(18)25)28(22(29)10-26-20)13-15-11-27(12-15)24(30)31/h2-10,15H,11-13H2,1H3,(H,30,31). The molecule has 0 aliphatic carbocycles. The van der Waals surface area contributed by atoms with Crippen LogP contribution in [-0.4, -0.2) is 38.7 Å². The Balaban J connectivity index is 1.61. The molecule has 1 aliphatic heterocycles. The molecule has 3 aromatic carbocycles. The van der Waals surface area contributed by atoms with Crippen LogP contribution in [0.5, 0.6) is 0 Å². The van der Waals surface area contributed by atoms with Crippen LogP contribution < -0.4 is 5.56 Å². The first-order valence-electron chi connectivity index (χ1n) is 10.1. The fourth-order valence-electron chi connectivity index (χ4n) is 4.43. The molecule has 5 rings (SSSR count). The SMILES string of the molecule is Cc1cccc2cccc(-c3cc4ncc(=O)n(CC5CN(C(=O)O)C5)c4cc3Cl)c12. The lowest BCUT2D eigenvalue weighted by Crippen LogP contribution is -2.51. The molecule has 1 aromatic heterocycles. The van der Waals surface area contributed by atoms with Crippen molar-refractivity contribution in [2.24, 2.45) is 5.92 Å². The van der Waals surface area contributed by atoms with Crippen molar-refractivity contribution in [2.45, 2.75) is 13.5 Å². The van der Waals surface area contributed by atoms with Crippen LogP contribution in [0.1, 0.15) is 5.56 Å². The van der Waals surface area contributed by atoms with Gasteiger partial charge in [0.1, 0.15) is 0 Å². The topological polar surface area (TPSA) is 75.4 Å². The van der Waals surface area contributed by atoms with Crippen molar-refractivity contribution in [2.75, 3.05) is 13.1 Å². The number of hydrogen-bond acceptors (Lipinski definition) is 3. The second-order valence-corrected chi connectivity index (χ2v) is 8.47. The van der Waals surface area contributed by atoms with E-state index in [9.17, 15) is 9.59 Å². The molecule has 0 spiro atoms. The average molecular weight is 434 g/mol. The van der Waals surface area contributed by atoms with Crippen LogP contribution in [0.15, 0.2) is 59.5 Å². The second kappa shape index (κ2) is 7.39. The number of aryl methyl sites for hydroxylation is 1. The number of carboxylic acid groups (broad SMARTS) is 1. The van der Waals surface area contributed by atoms with Crippen LogP contribution >= 0.6 is 11.6 Å². The Labute approximate surface area is 183 Å². The van der Waals surface area contributed by atoms with Gasteiger partial charge in [-0.05, 0) is 41.0 Å². The van der Waals surface area contributed by atoms with Crippen molar-refractivity contribution in [3.63, 3.8) is 0 Å². The van der Waals surface area contributed by atoms with Gasteiger partial charge in [0.05, 0.1) is 22.3 Å². The first kappa shape index (κ1) is 19.6. The lowest BCUT2D eigenvalue weighted by molar-refractivity contribution is 0.0749. The quantitative estimate of drug-likeness (QED) is 0.504. The molecule has 156 valence electrons. The van der Waals surface area contributed by atoms with Gasteiger partial charge in [0.15, 0.2) is 0 Å². The zero-order chi connectivity index (χ0) is 21.7. The van der Waals surface area contributed by atoms with E-state index in [1.807, 2.05) is 24.3 Å². The Bertz CT molecular complexity index is 1400. The molecular formula is C24H20ClN3O3. The molecule has 0 unspecified atom stereocenters. The number of amides is 1. The van der Waals surface area contributed by atoms with Gasteiger partial charge in [0.2, 0.25) is 0 Å². The zero-order valence-corrected chi connectivity index (χ0v) is 17.6. The summed E-state index contributed by atoms with van der Waals surface area (Å²) in [5.74, 6) is 0.0959. The molecular weight excluding hydrogens is 414 g/mol. The third-order valence-electron chi connectivity index (χ3n) is 6.01. The molecule has 2 heterocycles. The molecule has 4 aromatic rings. The van der Waals surface area contributed by atoms with E-state index in [-0.39, 0.29) is 11.5 Å². The predicted octanol–water partition coefficient (Wildman–Crippen LogP) is 4.79. The molecule has 1 N–H and O–H groups in total. The summed E-state index contributed by atoms with van der Waals surface area (Å²) in [6, 6.07) is 16.1. The summed E-state index contributed by atoms with van der Waals surface area (Å²) in [5.41, 5.74) is 4.18. The summed E-state index contributed by atoms with van der Waals surface area (Å²) in [6.45, 7) is 3.36. The molecule has 31 heavy (non-hydrogen) atoms. The molecule has 0 bridgehead atoms. The maximum Gasteiger partial charge on any atom is 0.407 e. The molecule has 1 fully saturated rings. The highest BCUT2D eigenvalue weighted by atomic mass is 35.5. The first-order chi connectivity index (χ1) is 14.9. The maximum atomic E-state index is 12.5. The first-order valence-corrected chi connectivity index (χ1v) is 10.5. The lowest BCUT2D eigenvalue weighted by atomic mass is 9.94. The Kier molecular flexibility index (Phi) is 4.67. The van der Waals surface area contributed by atoms with E-state index in [0.29, 0.717) is 35.7 Å². The normalized spacial score (nSPS) is 14.2. The number of carbonyl (C=O) groups is 1. The van der Waals surface area contributed by atoms with E-state index in [2.05, 4.69) is 30.1 Å². The molecule has 0 atom stereocenters. The van der Waals surface area contributed by atoms with Gasteiger partial charge in [0, 0.05) is 31.1 Å². The summed E-state index contributed by atoms with van der Waals surface area (Å²) in [6.07, 6.45) is 0.392. The number of aromatic nitrogens is 2. The van der Waals surface area contributed by atoms with Crippen LogP contribution in [0, 0.1) is 12.8 Å². The highest BCUT2D eigenvalue weighted by molar-refractivity contribution is 6.34. The van der Waals surface area contributed by atoms with Gasteiger partial charge in [-0.25, -0.2) is 9.78 Å². The van der Waals surface area contributed by atoms with Crippen molar-refractivity contribution in [3.05, 3.63) is 75.7 Å². The summed E-state index contributed by atoms with van der Waals surface area (Å²) in [4.78, 5) is 29.3. The van der Waals surface area contributed by atoms with Gasteiger partial charge in [-0.2, -0.15) is 0 Å². The molecule has 6 nitrogen and oxygen atoms in total. The van der Waals surface area contributed by atoms with Crippen molar-refractivity contribution in [3.8, 4) is 11.1 Å². The van der Waals surface area contributed by atoms with E-state index in [4.69, 9.17) is 16.7 Å². The maximum absolute atomic E-state index is 12.5. The fraction of sp³-hybridized carbons (Fsp3) is 0.208. The highest BCUT2D eigenvalue weighted by Crippen LogP contribution is 2.37. The van der Waals surface area contributed by atoms with Crippen LogP contribution in [0.3, 0.4) is 0 Å². The van der Waals surface area contributed by atoms with Crippen LogP contribution in [0.2, 0.25) is 5.02 Å². The summed E-state index contributed by atoms with van der Waals surface area (Å²) < 4.78 is 1.65. The Morgan fingerprint density at radius 1 is 1.16 bits per heavy atom. The Hall–Kier alpha value is -3.38. The third kappa shape index (κ3) is 3.33. The van der Waals surface area contributed by atoms with Crippen LogP contribution in [0.25, 0.3) is 32.9 Å². The van der Waals surface area contributed by atoms with Crippen LogP contribution in [-0.2, 0) is 6.54 Å². The number of fused-ring (bicyclic) bond motifs is 2. The van der Waals surface area contributed by atoms with E-state index in [1.165, 1.54) is 11.1 Å². The number of rotatable bonds is 3. The minimum absolute atomic E-state index is 0.0959. The molecule has 0 radical (unpaired) electrons. The predicted molar refractivity (Wildman–Crippen MR) is 122 cm³/mol. The summed E-state index contributed by atoms with van der Waals surface area (Å²) in [5, 5.41) is 11.9. The van der Waals surface area contributed by atoms with E-state index < -0.39 is 6.09 Å². The summed E-state index contributed by atoms with van der Waals surface area (Å²) >= 11 is 6.73. The number of likely N-dealkylation sites (tertiary alicyclic amines) is 1. The van der Waals surface area contributed by atoms with E-state index >= 15 is 0 Å². The molecule has 7 heteroatoms. The summed E-state index contributed by atoms with van der Waals surface area (Å²) in [7, 11) is 0. The number of benzene rings is 3. The molecule has 1 saturated heterocycles. The fourth-order valence-corrected chi connectivity index (χ4v) is 4.69. The Morgan fingerprint density at radius 3 is 2.65 bits per heavy atom. The lowest BCUT2D eigenvalue weighted by Gasteiger charge is -2.37. The minimum Gasteiger partial charge on any atom is -0.465 e. The van der Waals surface area contributed by atoms with Crippen molar-refractivity contribution < 1.29 is 9.90 Å². The smallest absolute Gasteiger partial charge is 0.407 e. The number of hydrogen-bond donors (Lipinski definition) is 1. The number of halogens is 1. The van der Waals surface area contributed by atoms with Crippen molar-refractivity contribution in [1.82, 2.24) is 14.5 Å². The second-order valence-electron chi connectivity index (χ2n) is 8.06. The van der Waals surface area contributed by atoms with Gasteiger partial charge < -0.3 is 14.6 Å². The van der Waals surface area contributed by atoms with Gasteiger partial charge in [-0.3, -0.25) is 4.79 Å². The van der Waals surface area contributed by atoms with Gasteiger partial charge in [-0.1, -0.05) is 48.0 Å². The van der Waals surface area contributed by atoms with Crippen molar-refractivity contribution in [1.29, 1.82) is 0 Å². The van der Waals surface area contributed by atoms with E-state index in [1.54, 1.807) is 10.6 Å². The van der Waals surface area contributed by atoms with E-state index in [0.717, 1.165) is 27.5 Å². The Morgan fingerprint density at radius 2 is 1.90 bits per heavy atom. The third-order valence-corrected chi connectivity index (χ3v) is 6.32. The minimum atomic E-state index is -0.929. The van der Waals surface area contributed by atoms with Crippen LogP contribution in [0.4, 0.5) is 4.79 Å². The number of nitrogens with zero attached hydrogens (tertiary/aromatic N) is 3. The zero-order valence-electron chi connectivity index (χ0n) is 16.9. The average Bonchev–Trinajstić information content (AvgIpc) is 2.71. The van der Waals surface area contributed by atoms with Gasteiger partial charge in [0.25, 0.3) is 5.56 Å². The van der Waals surface area contributed by atoms with Crippen molar-refractivity contribution >= 4 is 39.5 Å². The highest BCUT2D eigenvalue weighted by Gasteiger charge is 2.31. The van der Waals surface area contributed by atoms with Gasteiger partial charge >= 0.3 is 6.09 Å². The molecule has 0 saturated carbocycles. The largest absolute Gasteiger partial charge is 0.465 e.